The van der Waals surface area contributed by atoms with Crippen molar-refractivity contribution >= 4 is 5.91 Å². The molecule has 5 nitrogen and oxygen atoms in total. The van der Waals surface area contributed by atoms with Gasteiger partial charge in [-0.2, -0.15) is 5.26 Å². The number of ether oxygens (including phenoxy) is 2. The van der Waals surface area contributed by atoms with Gasteiger partial charge < -0.3 is 14.4 Å². The molecule has 0 spiro atoms. The Hall–Kier alpha value is -2.06. The number of benzene rings is 1. The topological polar surface area (TPSA) is 62.6 Å². The Kier molecular flexibility index (Phi) is 4.27. The molecule has 3 rings (SSSR count). The molecule has 0 aromatic heterocycles. The molecular formula is C19H24N2O3. The van der Waals surface area contributed by atoms with Gasteiger partial charge in [-0.15, -0.1) is 0 Å². The van der Waals surface area contributed by atoms with Crippen molar-refractivity contribution in [2.24, 2.45) is 0 Å². The fraction of sp³-hybridized carbons (Fsp3) is 0.579. The van der Waals surface area contributed by atoms with E-state index in [0.717, 1.165) is 17.7 Å². The lowest BCUT2D eigenvalue weighted by atomic mass is 9.84. The minimum absolute atomic E-state index is 0.0128. The van der Waals surface area contributed by atoms with E-state index in [1.165, 1.54) is 0 Å². The lowest BCUT2D eigenvalue weighted by molar-refractivity contribution is -0.157. The summed E-state index contributed by atoms with van der Waals surface area (Å²) in [4.78, 5) is 14.3. The number of fused-ring (bicyclic) bond motifs is 1. The lowest BCUT2D eigenvalue weighted by Gasteiger charge is -2.48. The molecule has 1 amide bonds. The van der Waals surface area contributed by atoms with E-state index < -0.39 is 5.60 Å². The van der Waals surface area contributed by atoms with Crippen molar-refractivity contribution in [3.05, 3.63) is 29.3 Å². The van der Waals surface area contributed by atoms with Crippen LogP contribution >= 0.6 is 0 Å². The second-order valence-electron chi connectivity index (χ2n) is 7.31. The van der Waals surface area contributed by atoms with Gasteiger partial charge in [-0.3, -0.25) is 4.79 Å². The van der Waals surface area contributed by atoms with Crippen LogP contribution in [0, 0.1) is 11.3 Å². The monoisotopic (exact) mass is 328 g/mol. The molecule has 128 valence electrons. The number of likely N-dealkylation sites (tertiary alicyclic amines) is 1. The SMILES string of the molecule is CC(C)O[C@@H]1[C@H](N2CCCC2=O)c2cc(C#N)ccc2OC1(C)C. The predicted octanol–water partition coefficient (Wildman–Crippen LogP) is 3.19. The molecule has 1 fully saturated rings. The van der Waals surface area contributed by atoms with Gasteiger partial charge in [0, 0.05) is 18.5 Å². The van der Waals surface area contributed by atoms with Gasteiger partial charge in [0.2, 0.25) is 5.91 Å². The van der Waals surface area contributed by atoms with Crippen molar-refractivity contribution < 1.29 is 14.3 Å². The highest BCUT2D eigenvalue weighted by atomic mass is 16.6. The minimum atomic E-state index is -0.570. The Labute approximate surface area is 143 Å². The summed E-state index contributed by atoms with van der Waals surface area (Å²) in [6.45, 7) is 8.68. The van der Waals surface area contributed by atoms with E-state index in [-0.39, 0.29) is 24.2 Å². The first-order chi connectivity index (χ1) is 11.3. The van der Waals surface area contributed by atoms with E-state index in [2.05, 4.69) is 6.07 Å². The van der Waals surface area contributed by atoms with Gasteiger partial charge in [0.25, 0.3) is 0 Å². The largest absolute Gasteiger partial charge is 0.485 e. The standard InChI is InChI=1S/C19H24N2O3/c1-12(2)23-18-17(21-9-5-6-16(21)22)14-10-13(11-20)7-8-15(14)24-19(18,3)4/h7-8,10,12,17-18H,5-6,9H2,1-4H3/t17-,18-/m1/s1. The maximum atomic E-state index is 12.4. The molecule has 24 heavy (non-hydrogen) atoms. The molecule has 2 aliphatic rings. The number of amides is 1. The first-order valence-corrected chi connectivity index (χ1v) is 8.51. The Balaban J connectivity index is 2.13. The normalized spacial score (nSPS) is 25.3. The first-order valence-electron chi connectivity index (χ1n) is 8.51. The second-order valence-corrected chi connectivity index (χ2v) is 7.31. The molecule has 0 radical (unpaired) electrons. The summed E-state index contributed by atoms with van der Waals surface area (Å²) in [5.41, 5.74) is 0.866. The Morgan fingerprint density at radius 2 is 2.17 bits per heavy atom. The Morgan fingerprint density at radius 1 is 1.42 bits per heavy atom. The van der Waals surface area contributed by atoms with E-state index in [1.807, 2.05) is 44.7 Å². The van der Waals surface area contributed by atoms with Crippen LogP contribution < -0.4 is 4.74 Å². The van der Waals surface area contributed by atoms with Crippen molar-refractivity contribution in [3.8, 4) is 11.8 Å². The molecule has 1 aromatic carbocycles. The fourth-order valence-corrected chi connectivity index (χ4v) is 3.65. The van der Waals surface area contributed by atoms with Gasteiger partial charge in [-0.25, -0.2) is 0 Å². The third-order valence-electron chi connectivity index (χ3n) is 4.67. The summed E-state index contributed by atoms with van der Waals surface area (Å²) in [5.74, 6) is 0.871. The quantitative estimate of drug-likeness (QED) is 0.855. The molecule has 0 unspecified atom stereocenters. The maximum Gasteiger partial charge on any atom is 0.223 e. The molecule has 1 saturated heterocycles. The van der Waals surface area contributed by atoms with E-state index in [0.29, 0.717) is 18.5 Å². The van der Waals surface area contributed by atoms with Gasteiger partial charge >= 0.3 is 0 Å². The van der Waals surface area contributed by atoms with Crippen LogP contribution in [0.3, 0.4) is 0 Å². The van der Waals surface area contributed by atoms with E-state index in [4.69, 9.17) is 9.47 Å². The number of hydrogen-bond donors (Lipinski definition) is 0. The van der Waals surface area contributed by atoms with Crippen LogP contribution in [0.1, 0.15) is 57.7 Å². The number of nitriles is 1. The highest BCUT2D eigenvalue weighted by Gasteiger charge is 2.49. The zero-order valence-corrected chi connectivity index (χ0v) is 14.7. The molecule has 5 heteroatoms. The predicted molar refractivity (Wildman–Crippen MR) is 89.6 cm³/mol. The molecule has 0 saturated carbocycles. The third-order valence-corrected chi connectivity index (χ3v) is 4.67. The van der Waals surface area contributed by atoms with Gasteiger partial charge in [0.1, 0.15) is 17.5 Å². The van der Waals surface area contributed by atoms with Gasteiger partial charge in [0.05, 0.1) is 23.8 Å². The van der Waals surface area contributed by atoms with Gasteiger partial charge in [-0.05, 0) is 52.3 Å². The number of rotatable bonds is 3. The van der Waals surface area contributed by atoms with Crippen molar-refractivity contribution in [2.45, 2.75) is 64.4 Å². The minimum Gasteiger partial charge on any atom is -0.485 e. The average Bonchev–Trinajstić information content (AvgIpc) is 2.93. The molecule has 0 bridgehead atoms. The summed E-state index contributed by atoms with van der Waals surface area (Å²) in [6.07, 6.45) is 1.15. The van der Waals surface area contributed by atoms with Crippen molar-refractivity contribution in [1.29, 1.82) is 5.26 Å². The third kappa shape index (κ3) is 2.87. The number of hydrogen-bond acceptors (Lipinski definition) is 4. The average molecular weight is 328 g/mol. The molecule has 0 aliphatic carbocycles. The molecule has 0 N–H and O–H groups in total. The zero-order valence-electron chi connectivity index (χ0n) is 14.7. The number of carbonyl (C=O) groups is 1. The highest BCUT2D eigenvalue weighted by molar-refractivity contribution is 5.79. The van der Waals surface area contributed by atoms with Crippen LogP contribution in [0.2, 0.25) is 0 Å². The Morgan fingerprint density at radius 3 is 2.75 bits per heavy atom. The summed E-state index contributed by atoms with van der Waals surface area (Å²) in [5, 5.41) is 9.25. The number of nitrogens with zero attached hydrogens (tertiary/aromatic N) is 2. The van der Waals surface area contributed by atoms with Crippen LogP contribution in [0.4, 0.5) is 0 Å². The zero-order chi connectivity index (χ0) is 17.5. The van der Waals surface area contributed by atoms with E-state index >= 15 is 0 Å². The second kappa shape index (κ2) is 6.10. The van der Waals surface area contributed by atoms with Crippen LogP contribution in [-0.4, -0.2) is 35.2 Å². The molecule has 1 aromatic rings. The Bertz CT molecular complexity index is 690. The van der Waals surface area contributed by atoms with Gasteiger partial charge in [0.15, 0.2) is 0 Å². The fourth-order valence-electron chi connectivity index (χ4n) is 3.65. The highest BCUT2D eigenvalue weighted by Crippen LogP contribution is 2.46. The van der Waals surface area contributed by atoms with E-state index in [9.17, 15) is 10.1 Å². The molecular weight excluding hydrogens is 304 g/mol. The van der Waals surface area contributed by atoms with Crippen LogP contribution in [0.5, 0.6) is 5.75 Å². The first kappa shape index (κ1) is 16.8. The summed E-state index contributed by atoms with van der Waals surface area (Å²) >= 11 is 0. The van der Waals surface area contributed by atoms with E-state index in [1.54, 1.807) is 6.07 Å². The molecule has 2 atom stereocenters. The molecule has 2 heterocycles. The summed E-state index contributed by atoms with van der Waals surface area (Å²) < 4.78 is 12.4. The molecule has 2 aliphatic heterocycles. The lowest BCUT2D eigenvalue weighted by Crippen LogP contribution is -2.55. The van der Waals surface area contributed by atoms with Crippen LogP contribution in [-0.2, 0) is 9.53 Å². The number of carbonyl (C=O) groups excluding carboxylic acids is 1. The maximum absolute atomic E-state index is 12.4. The van der Waals surface area contributed by atoms with Crippen molar-refractivity contribution in [1.82, 2.24) is 4.90 Å². The van der Waals surface area contributed by atoms with Crippen molar-refractivity contribution in [2.75, 3.05) is 6.54 Å². The summed E-state index contributed by atoms with van der Waals surface area (Å²) in [6, 6.07) is 7.36. The van der Waals surface area contributed by atoms with Crippen LogP contribution in [0.15, 0.2) is 18.2 Å². The summed E-state index contributed by atoms with van der Waals surface area (Å²) in [7, 11) is 0. The van der Waals surface area contributed by atoms with Crippen molar-refractivity contribution in [3.63, 3.8) is 0 Å². The van der Waals surface area contributed by atoms with Gasteiger partial charge in [-0.1, -0.05) is 0 Å². The smallest absolute Gasteiger partial charge is 0.223 e. The van der Waals surface area contributed by atoms with Crippen LogP contribution in [0.25, 0.3) is 0 Å².